The van der Waals surface area contributed by atoms with Gasteiger partial charge in [-0.15, -0.1) is 0 Å². The van der Waals surface area contributed by atoms with Gasteiger partial charge in [0.05, 0.1) is 15.6 Å². The second kappa shape index (κ2) is 5.75. The molecule has 2 aromatic carbocycles. The van der Waals surface area contributed by atoms with E-state index < -0.39 is 0 Å². The highest BCUT2D eigenvalue weighted by atomic mass is 35.5. The maximum Gasteiger partial charge on any atom is 0.170 e. The number of ketones is 1. The summed E-state index contributed by atoms with van der Waals surface area (Å²) in [5.41, 5.74) is 1.25. The summed E-state index contributed by atoms with van der Waals surface area (Å²) in [4.78, 5) is 12.2. The third-order valence-electron chi connectivity index (χ3n) is 2.49. The van der Waals surface area contributed by atoms with Crippen molar-refractivity contribution >= 4 is 40.6 Å². The molecule has 4 heteroatoms. The number of hydrogen-bond acceptors (Lipinski definition) is 1. The van der Waals surface area contributed by atoms with Gasteiger partial charge < -0.3 is 0 Å². The minimum atomic E-state index is -0.118. The lowest BCUT2D eigenvalue weighted by Gasteiger charge is -2.07. The summed E-state index contributed by atoms with van der Waals surface area (Å²) >= 11 is 17.8. The molecule has 0 saturated carbocycles. The van der Waals surface area contributed by atoms with Crippen molar-refractivity contribution in [3.8, 4) is 0 Å². The molecule has 92 valence electrons. The maximum absolute atomic E-state index is 12.2. The Balaban J connectivity index is 2.30. The van der Waals surface area contributed by atoms with Crippen LogP contribution in [-0.4, -0.2) is 5.78 Å². The van der Waals surface area contributed by atoms with Crippen LogP contribution in [0.4, 0.5) is 0 Å². The number of rotatable bonds is 3. The van der Waals surface area contributed by atoms with Crippen molar-refractivity contribution in [2.75, 3.05) is 0 Å². The van der Waals surface area contributed by atoms with E-state index in [0.29, 0.717) is 10.6 Å². The van der Waals surface area contributed by atoms with Crippen molar-refractivity contribution < 1.29 is 4.79 Å². The van der Waals surface area contributed by atoms with Crippen LogP contribution in [-0.2, 0) is 6.42 Å². The summed E-state index contributed by atoms with van der Waals surface area (Å²) in [7, 11) is 0. The van der Waals surface area contributed by atoms with Crippen molar-refractivity contribution in [3.63, 3.8) is 0 Å². The Labute approximate surface area is 120 Å². The normalized spacial score (nSPS) is 10.4. The van der Waals surface area contributed by atoms with Crippen LogP contribution in [0, 0.1) is 0 Å². The smallest absolute Gasteiger partial charge is 0.170 e. The molecule has 2 rings (SSSR count). The first-order valence-electron chi connectivity index (χ1n) is 5.29. The largest absolute Gasteiger partial charge is 0.294 e. The van der Waals surface area contributed by atoms with Gasteiger partial charge >= 0.3 is 0 Å². The lowest BCUT2D eigenvalue weighted by atomic mass is 10.0. The highest BCUT2D eigenvalue weighted by molar-refractivity contribution is 6.42. The zero-order chi connectivity index (χ0) is 13.1. The van der Waals surface area contributed by atoms with E-state index in [4.69, 9.17) is 34.8 Å². The highest BCUT2D eigenvalue weighted by Gasteiger charge is 2.16. The Kier molecular flexibility index (Phi) is 4.28. The van der Waals surface area contributed by atoms with Gasteiger partial charge in [-0.2, -0.15) is 0 Å². The zero-order valence-electron chi connectivity index (χ0n) is 9.29. The fourth-order valence-corrected chi connectivity index (χ4v) is 2.71. The molecule has 0 unspecified atom stereocenters. The van der Waals surface area contributed by atoms with Crippen molar-refractivity contribution in [1.29, 1.82) is 0 Å². The van der Waals surface area contributed by atoms with E-state index in [1.807, 2.05) is 30.3 Å². The van der Waals surface area contributed by atoms with Crippen LogP contribution in [0.25, 0.3) is 0 Å². The summed E-state index contributed by atoms with van der Waals surface area (Å²) in [6.45, 7) is 0. The van der Waals surface area contributed by atoms with Crippen molar-refractivity contribution in [3.05, 3.63) is 68.7 Å². The molecule has 0 N–H and O–H groups in total. The van der Waals surface area contributed by atoms with Crippen LogP contribution < -0.4 is 0 Å². The molecule has 18 heavy (non-hydrogen) atoms. The Morgan fingerprint density at radius 2 is 1.50 bits per heavy atom. The van der Waals surface area contributed by atoms with Crippen LogP contribution in [0.15, 0.2) is 42.5 Å². The third-order valence-corrected chi connectivity index (χ3v) is 3.31. The molecule has 0 fully saturated rings. The van der Waals surface area contributed by atoms with E-state index in [-0.39, 0.29) is 22.2 Å². The van der Waals surface area contributed by atoms with Crippen LogP contribution in [0.2, 0.25) is 15.1 Å². The minimum Gasteiger partial charge on any atom is -0.294 e. The predicted octanol–water partition coefficient (Wildman–Crippen LogP) is 5.07. The fourth-order valence-electron chi connectivity index (χ4n) is 1.68. The Hall–Kier alpha value is -1.02. The predicted molar refractivity (Wildman–Crippen MR) is 75.9 cm³/mol. The molecule has 0 saturated heterocycles. The molecule has 0 amide bonds. The summed E-state index contributed by atoms with van der Waals surface area (Å²) in [6, 6.07) is 12.5. The number of Topliss-reactive ketones (excluding diaryl/α,β-unsaturated/α-hetero) is 1. The average Bonchev–Trinajstić information content (AvgIpc) is 2.28. The Bertz CT molecular complexity index is 556. The lowest BCUT2D eigenvalue weighted by Crippen LogP contribution is -2.05. The summed E-state index contributed by atoms with van der Waals surface area (Å²) in [6.07, 6.45) is 0.266. The van der Waals surface area contributed by atoms with Gasteiger partial charge in [-0.25, -0.2) is 0 Å². The fraction of sp³-hybridized carbons (Fsp3) is 0.0714. The molecule has 0 aliphatic carbocycles. The van der Waals surface area contributed by atoms with E-state index >= 15 is 0 Å². The molecule has 0 aromatic heterocycles. The third kappa shape index (κ3) is 3.05. The van der Waals surface area contributed by atoms with E-state index in [1.54, 1.807) is 0 Å². The van der Waals surface area contributed by atoms with Gasteiger partial charge in [0.2, 0.25) is 0 Å². The maximum atomic E-state index is 12.2. The van der Waals surface area contributed by atoms with Crippen LogP contribution in [0.5, 0.6) is 0 Å². The molecule has 0 radical (unpaired) electrons. The summed E-state index contributed by atoms with van der Waals surface area (Å²) in [5, 5.41) is 0.989. The van der Waals surface area contributed by atoms with Gasteiger partial charge in [-0.05, 0) is 17.7 Å². The zero-order valence-corrected chi connectivity index (χ0v) is 11.6. The Morgan fingerprint density at radius 3 is 2.06 bits per heavy atom. The molecule has 0 heterocycles. The van der Waals surface area contributed by atoms with E-state index in [1.165, 1.54) is 12.1 Å². The number of carbonyl (C=O) groups excluding carboxylic acids is 1. The average molecular weight is 300 g/mol. The molecule has 0 bridgehead atoms. The lowest BCUT2D eigenvalue weighted by molar-refractivity contribution is 0.0993. The molecule has 1 nitrogen and oxygen atoms in total. The van der Waals surface area contributed by atoms with Crippen LogP contribution >= 0.6 is 34.8 Å². The number of benzene rings is 2. The van der Waals surface area contributed by atoms with Gasteiger partial charge in [0, 0.05) is 11.4 Å². The topological polar surface area (TPSA) is 17.1 Å². The summed E-state index contributed by atoms with van der Waals surface area (Å²) in [5.74, 6) is -0.118. The van der Waals surface area contributed by atoms with Crippen LogP contribution in [0.3, 0.4) is 0 Å². The van der Waals surface area contributed by atoms with Gasteiger partial charge in [-0.1, -0.05) is 65.1 Å². The molecule has 0 aliphatic heterocycles. The standard InChI is InChI=1S/C14H9Cl3O/c15-10-7-11(16)14(12(17)8-10)13(18)6-9-4-2-1-3-5-9/h1-5,7-8H,6H2. The van der Waals surface area contributed by atoms with E-state index in [2.05, 4.69) is 0 Å². The van der Waals surface area contributed by atoms with Gasteiger partial charge in [0.15, 0.2) is 5.78 Å². The van der Waals surface area contributed by atoms with E-state index in [9.17, 15) is 4.79 Å². The second-order valence-corrected chi connectivity index (χ2v) is 5.08. The molecule has 2 aromatic rings. The van der Waals surface area contributed by atoms with Gasteiger partial charge in [0.25, 0.3) is 0 Å². The molecular weight excluding hydrogens is 291 g/mol. The Morgan fingerprint density at radius 1 is 0.944 bits per heavy atom. The van der Waals surface area contributed by atoms with Crippen molar-refractivity contribution in [2.24, 2.45) is 0 Å². The monoisotopic (exact) mass is 298 g/mol. The molecule has 0 spiro atoms. The number of halogens is 3. The second-order valence-electron chi connectivity index (χ2n) is 3.83. The number of hydrogen-bond donors (Lipinski definition) is 0. The molecule has 0 aliphatic rings. The van der Waals surface area contributed by atoms with Crippen molar-refractivity contribution in [2.45, 2.75) is 6.42 Å². The van der Waals surface area contributed by atoms with E-state index in [0.717, 1.165) is 5.56 Å². The summed E-state index contributed by atoms with van der Waals surface area (Å²) < 4.78 is 0. The minimum absolute atomic E-state index is 0.118. The van der Waals surface area contributed by atoms with Crippen LogP contribution in [0.1, 0.15) is 15.9 Å². The van der Waals surface area contributed by atoms with Crippen molar-refractivity contribution in [1.82, 2.24) is 0 Å². The quantitative estimate of drug-likeness (QED) is 0.723. The SMILES string of the molecule is O=C(Cc1ccccc1)c1c(Cl)cc(Cl)cc1Cl. The first-order chi connectivity index (χ1) is 8.58. The first-order valence-corrected chi connectivity index (χ1v) is 6.43. The first kappa shape index (κ1) is 13.4. The number of carbonyl (C=O) groups is 1. The molecular formula is C14H9Cl3O. The molecule has 0 atom stereocenters. The van der Waals surface area contributed by atoms with Gasteiger partial charge in [0.1, 0.15) is 0 Å². The van der Waals surface area contributed by atoms with Gasteiger partial charge in [-0.3, -0.25) is 4.79 Å². The highest BCUT2D eigenvalue weighted by Crippen LogP contribution is 2.30.